The normalized spacial score (nSPS) is 11.1. The highest BCUT2D eigenvalue weighted by atomic mass is 32.1. The van der Waals surface area contributed by atoms with Crippen LogP contribution in [0.25, 0.3) is 16.0 Å². The summed E-state index contributed by atoms with van der Waals surface area (Å²) in [6.45, 7) is -0.267. The van der Waals surface area contributed by atoms with Gasteiger partial charge in [0.2, 0.25) is 5.91 Å². The second-order valence-electron chi connectivity index (χ2n) is 6.54. The molecule has 30 heavy (non-hydrogen) atoms. The Hall–Kier alpha value is -3.67. The molecule has 4 rings (SSSR count). The molecule has 0 saturated heterocycles. The predicted molar refractivity (Wildman–Crippen MR) is 113 cm³/mol. The largest absolute Gasteiger partial charge is 0.497 e. The number of thiazole rings is 1. The molecular weight excluding hydrogens is 410 g/mol. The zero-order valence-corrected chi connectivity index (χ0v) is 17.6. The van der Waals surface area contributed by atoms with Crippen LogP contribution in [-0.2, 0) is 11.3 Å². The molecule has 3 heterocycles. The summed E-state index contributed by atoms with van der Waals surface area (Å²) in [6, 6.07) is 5.01. The highest BCUT2D eigenvalue weighted by Crippen LogP contribution is 2.29. The van der Waals surface area contributed by atoms with E-state index in [0.717, 1.165) is 9.81 Å². The lowest BCUT2D eigenvalue weighted by atomic mass is 10.2. The Kier molecular flexibility index (Phi) is 4.99. The van der Waals surface area contributed by atoms with E-state index < -0.39 is 11.6 Å². The summed E-state index contributed by atoms with van der Waals surface area (Å²) >= 11 is 1.37. The van der Waals surface area contributed by atoms with Crippen LogP contribution in [0.15, 0.2) is 29.3 Å². The van der Waals surface area contributed by atoms with Crippen LogP contribution < -0.4 is 25.4 Å². The Balaban J connectivity index is 1.64. The number of fused-ring (bicyclic) bond motifs is 3. The number of carbonyl (C=O) groups is 1. The van der Waals surface area contributed by atoms with Crippen molar-refractivity contribution in [2.75, 3.05) is 38.5 Å². The third kappa shape index (κ3) is 3.41. The van der Waals surface area contributed by atoms with E-state index in [-0.39, 0.29) is 6.54 Å². The van der Waals surface area contributed by atoms with Gasteiger partial charge in [0.1, 0.15) is 29.1 Å². The number of nitrogens with zero attached hydrogens (tertiary/aromatic N) is 6. The summed E-state index contributed by atoms with van der Waals surface area (Å²) in [6.07, 6.45) is 1.37. The third-order valence-corrected chi connectivity index (χ3v) is 5.53. The van der Waals surface area contributed by atoms with Gasteiger partial charge in [0, 0.05) is 20.2 Å². The number of hydrogen-bond donors (Lipinski definition) is 1. The average Bonchev–Trinajstić information content (AvgIpc) is 3.30. The van der Waals surface area contributed by atoms with Crippen molar-refractivity contribution in [3.05, 3.63) is 35.0 Å². The number of carbonyl (C=O) groups excluding carboxylic acids is 1. The van der Waals surface area contributed by atoms with E-state index in [1.807, 2.05) is 19.0 Å². The van der Waals surface area contributed by atoms with Crippen LogP contribution in [-0.4, -0.2) is 58.4 Å². The van der Waals surface area contributed by atoms with Crippen molar-refractivity contribution >= 4 is 44.1 Å². The van der Waals surface area contributed by atoms with Crippen LogP contribution in [0.2, 0.25) is 0 Å². The smallest absolute Gasteiger partial charge is 0.352 e. The fourth-order valence-electron chi connectivity index (χ4n) is 2.85. The van der Waals surface area contributed by atoms with Crippen LogP contribution >= 0.6 is 11.3 Å². The summed E-state index contributed by atoms with van der Waals surface area (Å²) in [5.74, 6) is 0.614. The van der Waals surface area contributed by atoms with Gasteiger partial charge in [-0.25, -0.2) is 18.9 Å². The Morgan fingerprint density at radius 2 is 2.07 bits per heavy atom. The molecule has 156 valence electrons. The minimum absolute atomic E-state index is 0.267. The zero-order valence-electron chi connectivity index (χ0n) is 16.7. The van der Waals surface area contributed by atoms with Gasteiger partial charge >= 0.3 is 5.69 Å². The number of ether oxygens (including phenoxy) is 2. The minimum Gasteiger partial charge on any atom is -0.497 e. The first-order chi connectivity index (χ1) is 14.4. The average molecular weight is 429 g/mol. The van der Waals surface area contributed by atoms with Crippen LogP contribution in [0, 0.1) is 0 Å². The van der Waals surface area contributed by atoms with Crippen molar-refractivity contribution in [1.29, 1.82) is 0 Å². The van der Waals surface area contributed by atoms with E-state index in [1.165, 1.54) is 29.2 Å². The number of amides is 1. The maximum Gasteiger partial charge on any atom is 0.352 e. The molecule has 0 fully saturated rings. The van der Waals surface area contributed by atoms with Crippen molar-refractivity contribution < 1.29 is 14.3 Å². The molecule has 0 bridgehead atoms. The Labute approximate surface area is 174 Å². The van der Waals surface area contributed by atoms with E-state index in [1.54, 1.807) is 25.3 Å². The number of methoxy groups -OCH3 is 2. The van der Waals surface area contributed by atoms with Crippen molar-refractivity contribution in [2.24, 2.45) is 0 Å². The van der Waals surface area contributed by atoms with E-state index >= 15 is 0 Å². The maximum atomic E-state index is 12.7. The lowest BCUT2D eigenvalue weighted by Crippen LogP contribution is -2.28. The van der Waals surface area contributed by atoms with Crippen LogP contribution in [0.5, 0.6) is 11.5 Å². The molecule has 0 spiro atoms. The highest BCUT2D eigenvalue weighted by Gasteiger charge is 2.17. The zero-order chi connectivity index (χ0) is 21.4. The molecule has 0 aliphatic heterocycles. The molecule has 0 aliphatic carbocycles. The van der Waals surface area contributed by atoms with Gasteiger partial charge in [0.25, 0.3) is 0 Å². The molecule has 1 aromatic carbocycles. The first-order valence-corrected chi connectivity index (χ1v) is 9.67. The van der Waals surface area contributed by atoms with Crippen molar-refractivity contribution in [2.45, 2.75) is 6.54 Å². The molecule has 0 radical (unpaired) electrons. The van der Waals surface area contributed by atoms with E-state index in [2.05, 4.69) is 20.4 Å². The second-order valence-corrected chi connectivity index (χ2v) is 7.51. The Bertz CT molecular complexity index is 1310. The van der Waals surface area contributed by atoms with Crippen LogP contribution in [0.4, 0.5) is 10.8 Å². The Morgan fingerprint density at radius 1 is 1.27 bits per heavy atom. The summed E-state index contributed by atoms with van der Waals surface area (Å²) in [5, 5.41) is 7.81. The number of benzene rings is 1. The first kappa shape index (κ1) is 19.6. The van der Waals surface area contributed by atoms with Gasteiger partial charge in [0.15, 0.2) is 16.4 Å². The fourth-order valence-corrected chi connectivity index (χ4v) is 3.76. The fraction of sp³-hybridized carbons (Fsp3) is 0.278. The molecule has 0 aliphatic rings. The lowest BCUT2D eigenvalue weighted by Gasteiger charge is -2.11. The molecule has 4 aromatic rings. The van der Waals surface area contributed by atoms with E-state index in [4.69, 9.17) is 9.47 Å². The topological polar surface area (TPSA) is 116 Å². The molecular formula is C18H19N7O4S. The standard InChI is InChI=1S/C18H19N7O4S/c1-23(2)17-21-15-14(30-17)16-22-25(18(27)24(16)9-19-15)8-13(26)20-11-6-5-10(28-3)7-12(11)29-4/h5-7,9H,8H2,1-4H3,(H,20,26). The predicted octanol–water partition coefficient (Wildman–Crippen LogP) is 1.22. The van der Waals surface area contributed by atoms with Crippen molar-refractivity contribution in [3.63, 3.8) is 0 Å². The Morgan fingerprint density at radius 3 is 2.77 bits per heavy atom. The van der Waals surface area contributed by atoms with Gasteiger partial charge in [-0.3, -0.25) is 4.79 Å². The van der Waals surface area contributed by atoms with Gasteiger partial charge in [0.05, 0.1) is 19.9 Å². The molecule has 0 atom stereocenters. The number of hydrogen-bond acceptors (Lipinski definition) is 9. The van der Waals surface area contributed by atoms with Crippen LogP contribution in [0.1, 0.15) is 0 Å². The van der Waals surface area contributed by atoms with E-state index in [9.17, 15) is 9.59 Å². The van der Waals surface area contributed by atoms with Crippen LogP contribution in [0.3, 0.4) is 0 Å². The molecule has 12 heteroatoms. The minimum atomic E-state index is -0.462. The van der Waals surface area contributed by atoms with Crippen molar-refractivity contribution in [3.8, 4) is 11.5 Å². The number of nitrogens with one attached hydrogen (secondary N) is 1. The number of rotatable bonds is 6. The quantitative estimate of drug-likeness (QED) is 0.486. The summed E-state index contributed by atoms with van der Waals surface area (Å²) in [7, 11) is 6.78. The third-order valence-electron chi connectivity index (χ3n) is 4.33. The molecule has 0 saturated carbocycles. The van der Waals surface area contributed by atoms with Gasteiger partial charge < -0.3 is 19.7 Å². The van der Waals surface area contributed by atoms with E-state index in [0.29, 0.717) is 33.2 Å². The molecule has 3 aromatic heterocycles. The monoisotopic (exact) mass is 429 g/mol. The summed E-state index contributed by atoms with van der Waals surface area (Å²) in [5.41, 5.74) is 0.907. The maximum absolute atomic E-state index is 12.7. The number of anilines is 2. The number of aromatic nitrogens is 5. The van der Waals surface area contributed by atoms with Gasteiger partial charge in [-0.05, 0) is 12.1 Å². The lowest BCUT2D eigenvalue weighted by molar-refractivity contribution is -0.117. The molecule has 1 amide bonds. The van der Waals surface area contributed by atoms with Gasteiger partial charge in [-0.1, -0.05) is 11.3 Å². The molecule has 11 nitrogen and oxygen atoms in total. The highest BCUT2D eigenvalue weighted by molar-refractivity contribution is 7.22. The first-order valence-electron chi connectivity index (χ1n) is 8.85. The molecule has 1 N–H and O–H groups in total. The molecule has 0 unspecified atom stereocenters. The van der Waals surface area contributed by atoms with Gasteiger partial charge in [-0.15, -0.1) is 5.10 Å². The SMILES string of the molecule is COc1ccc(NC(=O)Cn2nc3c4sc(N(C)C)nc4ncn3c2=O)c(OC)c1. The second kappa shape index (κ2) is 7.63. The summed E-state index contributed by atoms with van der Waals surface area (Å²) < 4.78 is 13.5. The summed E-state index contributed by atoms with van der Waals surface area (Å²) in [4.78, 5) is 35.7. The van der Waals surface area contributed by atoms with Gasteiger partial charge in [-0.2, -0.15) is 4.98 Å². The van der Waals surface area contributed by atoms with Crippen molar-refractivity contribution in [1.82, 2.24) is 24.1 Å².